The number of nitrogens with one attached hydrogen (secondary N) is 1. The van der Waals surface area contributed by atoms with Crippen LogP contribution in [0, 0.1) is 0 Å². The number of amides is 4. The number of nitrogens with zero attached hydrogens (tertiary/aromatic N) is 2. The Labute approximate surface area is 171 Å². The van der Waals surface area contributed by atoms with Crippen molar-refractivity contribution in [1.29, 1.82) is 0 Å². The minimum Gasteiger partial charge on any atom is -0.347 e. The number of hydrogen-bond acceptors (Lipinski definition) is 4. The standard InChI is InChI=1S/C20H22F3N3O4/c21-20(22,23)14-4-1-3-13(11-14)15(12-25-9-2-5-17(25)28)24-16(27)8-10-26-18(29)6-7-19(26)30/h1,3-4,11,15H,2,5-10,12H2,(H,24,27)/t15-/m0/s1. The van der Waals surface area contributed by atoms with E-state index in [2.05, 4.69) is 5.32 Å². The van der Waals surface area contributed by atoms with Gasteiger partial charge >= 0.3 is 6.18 Å². The summed E-state index contributed by atoms with van der Waals surface area (Å²) in [5, 5.41) is 2.66. The zero-order valence-electron chi connectivity index (χ0n) is 16.2. The lowest BCUT2D eigenvalue weighted by Crippen LogP contribution is -2.40. The highest BCUT2D eigenvalue weighted by atomic mass is 19.4. The quantitative estimate of drug-likeness (QED) is 0.678. The predicted octanol–water partition coefficient (Wildman–Crippen LogP) is 2.02. The average molecular weight is 425 g/mol. The molecule has 1 aromatic carbocycles. The van der Waals surface area contributed by atoms with Crippen LogP contribution in [0.25, 0.3) is 0 Å². The number of hydrogen-bond donors (Lipinski definition) is 1. The van der Waals surface area contributed by atoms with Gasteiger partial charge in [-0.25, -0.2) is 0 Å². The molecular weight excluding hydrogens is 403 g/mol. The number of carbonyl (C=O) groups excluding carboxylic acids is 4. The molecule has 2 fully saturated rings. The monoisotopic (exact) mass is 425 g/mol. The van der Waals surface area contributed by atoms with Crippen LogP contribution in [0.1, 0.15) is 49.3 Å². The van der Waals surface area contributed by atoms with E-state index in [0.717, 1.165) is 17.0 Å². The van der Waals surface area contributed by atoms with Gasteiger partial charge in [0.1, 0.15) is 0 Å². The van der Waals surface area contributed by atoms with Crippen molar-refractivity contribution in [3.05, 3.63) is 35.4 Å². The second kappa shape index (κ2) is 8.85. The minimum atomic E-state index is -4.54. The van der Waals surface area contributed by atoms with Gasteiger partial charge < -0.3 is 10.2 Å². The van der Waals surface area contributed by atoms with Crippen molar-refractivity contribution in [3.8, 4) is 0 Å². The van der Waals surface area contributed by atoms with E-state index in [1.54, 1.807) is 0 Å². The van der Waals surface area contributed by atoms with Crippen LogP contribution in [0.3, 0.4) is 0 Å². The van der Waals surface area contributed by atoms with E-state index in [1.165, 1.54) is 17.0 Å². The van der Waals surface area contributed by atoms with Gasteiger partial charge in [0.25, 0.3) is 0 Å². The van der Waals surface area contributed by atoms with Gasteiger partial charge in [-0.15, -0.1) is 0 Å². The zero-order chi connectivity index (χ0) is 21.9. The molecule has 0 unspecified atom stereocenters. The second-order valence-electron chi connectivity index (χ2n) is 7.38. The van der Waals surface area contributed by atoms with E-state index in [4.69, 9.17) is 0 Å². The summed E-state index contributed by atoms with van der Waals surface area (Å²) in [6, 6.07) is 3.78. The van der Waals surface area contributed by atoms with E-state index in [-0.39, 0.29) is 55.6 Å². The first-order chi connectivity index (χ1) is 14.1. The Morgan fingerprint density at radius 2 is 1.77 bits per heavy atom. The number of benzene rings is 1. The third-order valence-electron chi connectivity index (χ3n) is 5.24. The highest BCUT2D eigenvalue weighted by Crippen LogP contribution is 2.31. The van der Waals surface area contributed by atoms with Crippen molar-refractivity contribution < 1.29 is 32.3 Å². The molecule has 3 rings (SSSR count). The summed E-state index contributed by atoms with van der Waals surface area (Å²) in [7, 11) is 0. The number of alkyl halides is 3. The summed E-state index contributed by atoms with van der Waals surface area (Å²) in [5.74, 6) is -1.32. The SMILES string of the molecule is O=C(CCN1C(=O)CCC1=O)N[C@@H](CN1CCCC1=O)c1cccc(C(F)(F)F)c1. The van der Waals surface area contributed by atoms with Gasteiger partial charge in [-0.3, -0.25) is 24.1 Å². The molecule has 2 aliphatic heterocycles. The van der Waals surface area contributed by atoms with E-state index < -0.39 is 23.7 Å². The molecule has 7 nitrogen and oxygen atoms in total. The molecule has 0 aromatic heterocycles. The largest absolute Gasteiger partial charge is 0.416 e. The first kappa shape index (κ1) is 21.8. The maximum absolute atomic E-state index is 13.1. The third kappa shape index (κ3) is 5.17. The molecule has 1 atom stereocenters. The Morgan fingerprint density at radius 3 is 2.37 bits per heavy atom. The summed E-state index contributed by atoms with van der Waals surface area (Å²) in [5.41, 5.74) is -0.619. The lowest BCUT2D eigenvalue weighted by molar-refractivity contribution is -0.139. The van der Waals surface area contributed by atoms with Crippen molar-refractivity contribution in [3.63, 3.8) is 0 Å². The van der Waals surface area contributed by atoms with Crippen LogP contribution in [0.2, 0.25) is 0 Å². The normalized spacial score (nSPS) is 18.3. The molecule has 162 valence electrons. The summed E-state index contributed by atoms with van der Waals surface area (Å²) in [4.78, 5) is 50.3. The van der Waals surface area contributed by atoms with E-state index >= 15 is 0 Å². The number of likely N-dealkylation sites (tertiary alicyclic amines) is 2. The molecule has 0 spiro atoms. The maximum Gasteiger partial charge on any atom is 0.416 e. The summed E-state index contributed by atoms with van der Waals surface area (Å²) >= 11 is 0. The van der Waals surface area contributed by atoms with Crippen LogP contribution in [-0.4, -0.2) is 53.1 Å². The van der Waals surface area contributed by atoms with Crippen LogP contribution in [0.4, 0.5) is 13.2 Å². The van der Waals surface area contributed by atoms with Gasteiger partial charge in [0.15, 0.2) is 0 Å². The van der Waals surface area contributed by atoms with Crippen molar-refractivity contribution in [2.24, 2.45) is 0 Å². The minimum absolute atomic E-state index is 0.0491. The molecule has 2 heterocycles. The fourth-order valence-corrected chi connectivity index (χ4v) is 3.64. The maximum atomic E-state index is 13.1. The third-order valence-corrected chi connectivity index (χ3v) is 5.24. The summed E-state index contributed by atoms with van der Waals surface area (Å²) < 4.78 is 39.3. The number of carbonyl (C=O) groups is 4. The van der Waals surface area contributed by atoms with Crippen molar-refractivity contribution in [2.45, 2.75) is 44.3 Å². The van der Waals surface area contributed by atoms with Crippen molar-refractivity contribution in [2.75, 3.05) is 19.6 Å². The van der Waals surface area contributed by atoms with Gasteiger partial charge in [-0.1, -0.05) is 12.1 Å². The lowest BCUT2D eigenvalue weighted by atomic mass is 10.0. The molecule has 1 N–H and O–H groups in total. The molecule has 2 aliphatic rings. The fraction of sp³-hybridized carbons (Fsp3) is 0.500. The molecule has 0 saturated carbocycles. The van der Waals surface area contributed by atoms with Gasteiger partial charge in [0.05, 0.1) is 11.6 Å². The smallest absolute Gasteiger partial charge is 0.347 e. The Morgan fingerprint density at radius 1 is 1.07 bits per heavy atom. The fourth-order valence-electron chi connectivity index (χ4n) is 3.64. The average Bonchev–Trinajstić information content (AvgIpc) is 3.24. The van der Waals surface area contributed by atoms with Crippen LogP contribution >= 0.6 is 0 Å². The summed E-state index contributed by atoms with van der Waals surface area (Å²) in [6.07, 6.45) is -3.45. The Hall–Kier alpha value is -2.91. The first-order valence-corrected chi connectivity index (χ1v) is 9.72. The highest BCUT2D eigenvalue weighted by molar-refractivity contribution is 6.02. The number of halogens is 3. The second-order valence-corrected chi connectivity index (χ2v) is 7.38. The van der Waals surface area contributed by atoms with Crippen LogP contribution in [-0.2, 0) is 25.4 Å². The molecule has 2 saturated heterocycles. The van der Waals surface area contributed by atoms with Gasteiger partial charge in [-0.2, -0.15) is 13.2 Å². The summed E-state index contributed by atoms with van der Waals surface area (Å²) in [6.45, 7) is 0.440. The Bertz CT molecular complexity index is 840. The molecule has 0 radical (unpaired) electrons. The van der Waals surface area contributed by atoms with Gasteiger partial charge in [0.2, 0.25) is 23.6 Å². The Balaban J connectivity index is 1.72. The van der Waals surface area contributed by atoms with Crippen LogP contribution in [0.15, 0.2) is 24.3 Å². The van der Waals surface area contributed by atoms with Gasteiger partial charge in [0, 0.05) is 45.3 Å². The molecule has 1 aromatic rings. The topological polar surface area (TPSA) is 86.8 Å². The highest BCUT2D eigenvalue weighted by Gasteiger charge is 2.33. The number of rotatable bonds is 7. The number of imide groups is 1. The zero-order valence-corrected chi connectivity index (χ0v) is 16.2. The Kier molecular flexibility index (Phi) is 6.42. The molecule has 0 aliphatic carbocycles. The first-order valence-electron chi connectivity index (χ1n) is 9.72. The lowest BCUT2D eigenvalue weighted by Gasteiger charge is -2.26. The van der Waals surface area contributed by atoms with Gasteiger partial charge in [-0.05, 0) is 24.1 Å². The molecule has 30 heavy (non-hydrogen) atoms. The van der Waals surface area contributed by atoms with E-state index in [0.29, 0.717) is 19.4 Å². The van der Waals surface area contributed by atoms with Crippen molar-refractivity contribution >= 4 is 23.6 Å². The molecule has 10 heteroatoms. The molecular formula is C20H22F3N3O4. The van der Waals surface area contributed by atoms with E-state index in [9.17, 15) is 32.3 Å². The van der Waals surface area contributed by atoms with E-state index in [1.807, 2.05) is 0 Å². The predicted molar refractivity (Wildman–Crippen MR) is 98.7 cm³/mol. The molecule has 4 amide bonds. The van der Waals surface area contributed by atoms with Crippen molar-refractivity contribution in [1.82, 2.24) is 15.1 Å². The van der Waals surface area contributed by atoms with Crippen LogP contribution < -0.4 is 5.32 Å². The van der Waals surface area contributed by atoms with Crippen LogP contribution in [0.5, 0.6) is 0 Å². The molecule has 0 bridgehead atoms.